The minimum atomic E-state index is -0.997. The van der Waals surface area contributed by atoms with E-state index in [1.54, 1.807) is 6.92 Å². The largest absolute Gasteiger partial charge is 0.480 e. The molecule has 0 radical (unpaired) electrons. The highest BCUT2D eigenvalue weighted by Gasteiger charge is 2.19. The molecule has 0 spiro atoms. The third-order valence-electron chi connectivity index (χ3n) is 2.33. The molecule has 0 heterocycles. The maximum atomic E-state index is 11.6. The van der Waals surface area contributed by atoms with E-state index in [1.165, 1.54) is 4.90 Å². The molecule has 5 nitrogen and oxygen atoms in total. The van der Waals surface area contributed by atoms with Gasteiger partial charge in [0.1, 0.15) is 6.54 Å². The van der Waals surface area contributed by atoms with Crippen molar-refractivity contribution in [1.29, 1.82) is 0 Å². The van der Waals surface area contributed by atoms with Gasteiger partial charge in [0.2, 0.25) is 5.91 Å². The zero-order valence-corrected chi connectivity index (χ0v) is 9.56. The number of carbonyl (C=O) groups excluding carboxylic acids is 1. The Hall–Kier alpha value is -1.10. The summed E-state index contributed by atoms with van der Waals surface area (Å²) in [4.78, 5) is 23.4. The van der Waals surface area contributed by atoms with E-state index in [0.717, 1.165) is 0 Å². The van der Waals surface area contributed by atoms with Crippen LogP contribution in [0.4, 0.5) is 0 Å². The minimum Gasteiger partial charge on any atom is -0.480 e. The summed E-state index contributed by atoms with van der Waals surface area (Å²) in [6.45, 7) is 5.77. The van der Waals surface area contributed by atoms with E-state index in [1.807, 2.05) is 13.8 Å². The molecule has 0 aromatic rings. The molecule has 0 aliphatic rings. The molecule has 1 atom stereocenters. The molecular formula is C10H20N2O3. The Balaban J connectivity index is 4.21. The van der Waals surface area contributed by atoms with Gasteiger partial charge in [-0.25, -0.2) is 0 Å². The zero-order chi connectivity index (χ0) is 12.0. The Labute approximate surface area is 90.2 Å². The quantitative estimate of drug-likeness (QED) is 0.668. The van der Waals surface area contributed by atoms with Crippen molar-refractivity contribution in [3.63, 3.8) is 0 Å². The number of nitrogens with zero attached hydrogens (tertiary/aromatic N) is 1. The lowest BCUT2D eigenvalue weighted by molar-refractivity contribution is -0.144. The predicted octanol–water partition coefficient (Wildman–Crippen LogP) is 0.293. The second-order valence-electron chi connectivity index (χ2n) is 3.91. The summed E-state index contributed by atoms with van der Waals surface area (Å²) >= 11 is 0. The minimum absolute atomic E-state index is 0.193. The number of aliphatic carboxylic acids is 1. The second kappa shape index (κ2) is 6.40. The standard InChI is InChI=1S/C10H20N2O3/c1-4-12(6-10(14)15)9(13)5-8(11)7(2)3/h7-8H,4-6,11H2,1-3H3,(H,14,15). The molecule has 1 amide bonds. The number of hydrogen-bond acceptors (Lipinski definition) is 3. The van der Waals surface area contributed by atoms with Crippen molar-refractivity contribution in [3.05, 3.63) is 0 Å². The predicted molar refractivity (Wildman–Crippen MR) is 57.3 cm³/mol. The summed E-state index contributed by atoms with van der Waals surface area (Å²) in [6.07, 6.45) is 0.207. The van der Waals surface area contributed by atoms with Gasteiger partial charge in [-0.15, -0.1) is 0 Å². The van der Waals surface area contributed by atoms with Crippen LogP contribution in [0.2, 0.25) is 0 Å². The number of rotatable bonds is 6. The Morgan fingerprint density at radius 2 is 1.93 bits per heavy atom. The molecule has 88 valence electrons. The third-order valence-corrected chi connectivity index (χ3v) is 2.33. The van der Waals surface area contributed by atoms with Crippen molar-refractivity contribution in [2.24, 2.45) is 11.7 Å². The van der Waals surface area contributed by atoms with Crippen molar-refractivity contribution >= 4 is 11.9 Å². The molecule has 0 aliphatic heterocycles. The molecule has 15 heavy (non-hydrogen) atoms. The molecule has 3 N–H and O–H groups in total. The van der Waals surface area contributed by atoms with Gasteiger partial charge in [0.25, 0.3) is 0 Å². The number of likely N-dealkylation sites (N-methyl/N-ethyl adjacent to an activating group) is 1. The van der Waals surface area contributed by atoms with Crippen molar-refractivity contribution < 1.29 is 14.7 Å². The molecule has 0 aliphatic carbocycles. The fourth-order valence-corrected chi connectivity index (χ4v) is 1.11. The van der Waals surface area contributed by atoms with E-state index in [0.29, 0.717) is 6.54 Å². The summed E-state index contributed by atoms with van der Waals surface area (Å²) in [6, 6.07) is -0.208. The SMILES string of the molecule is CCN(CC(=O)O)C(=O)CC(N)C(C)C. The fraction of sp³-hybridized carbons (Fsp3) is 0.800. The maximum absolute atomic E-state index is 11.6. The van der Waals surface area contributed by atoms with E-state index in [9.17, 15) is 9.59 Å². The number of hydrogen-bond donors (Lipinski definition) is 2. The molecule has 5 heteroatoms. The average molecular weight is 216 g/mol. The van der Waals surface area contributed by atoms with Crippen LogP contribution >= 0.6 is 0 Å². The van der Waals surface area contributed by atoms with E-state index < -0.39 is 5.97 Å². The van der Waals surface area contributed by atoms with Crippen LogP contribution < -0.4 is 5.73 Å². The molecule has 1 unspecified atom stereocenters. The lowest BCUT2D eigenvalue weighted by Gasteiger charge is -2.22. The van der Waals surface area contributed by atoms with Crippen LogP contribution in [0.1, 0.15) is 27.2 Å². The first kappa shape index (κ1) is 13.9. The lowest BCUT2D eigenvalue weighted by Crippen LogP contribution is -2.40. The summed E-state index contributed by atoms with van der Waals surface area (Å²) < 4.78 is 0. The van der Waals surface area contributed by atoms with Crippen molar-refractivity contribution in [2.75, 3.05) is 13.1 Å². The van der Waals surface area contributed by atoms with Crippen LogP contribution in [0.5, 0.6) is 0 Å². The molecule has 0 aromatic carbocycles. The van der Waals surface area contributed by atoms with Gasteiger partial charge in [0, 0.05) is 19.0 Å². The highest BCUT2D eigenvalue weighted by molar-refractivity contribution is 5.81. The van der Waals surface area contributed by atoms with Gasteiger partial charge in [-0.05, 0) is 12.8 Å². The Morgan fingerprint density at radius 1 is 1.40 bits per heavy atom. The lowest BCUT2D eigenvalue weighted by atomic mass is 10.0. The molecule has 0 aromatic heterocycles. The first-order valence-electron chi connectivity index (χ1n) is 5.13. The van der Waals surface area contributed by atoms with E-state index in [4.69, 9.17) is 10.8 Å². The number of carboxylic acids is 1. The zero-order valence-electron chi connectivity index (χ0n) is 9.56. The van der Waals surface area contributed by atoms with Gasteiger partial charge >= 0.3 is 5.97 Å². The van der Waals surface area contributed by atoms with Gasteiger partial charge in [0.15, 0.2) is 0 Å². The fourth-order valence-electron chi connectivity index (χ4n) is 1.11. The van der Waals surface area contributed by atoms with Crippen LogP contribution in [0.3, 0.4) is 0 Å². The van der Waals surface area contributed by atoms with E-state index in [-0.39, 0.29) is 30.8 Å². The summed E-state index contributed by atoms with van der Waals surface area (Å²) in [5, 5.41) is 8.58. The monoisotopic (exact) mass is 216 g/mol. The van der Waals surface area contributed by atoms with Crippen LogP contribution in [0, 0.1) is 5.92 Å². The van der Waals surface area contributed by atoms with Gasteiger partial charge in [-0.3, -0.25) is 9.59 Å². The highest BCUT2D eigenvalue weighted by Crippen LogP contribution is 2.05. The normalized spacial score (nSPS) is 12.6. The van der Waals surface area contributed by atoms with Gasteiger partial charge in [-0.1, -0.05) is 13.8 Å². The first-order valence-corrected chi connectivity index (χ1v) is 5.13. The molecule has 0 bridgehead atoms. The van der Waals surface area contributed by atoms with Crippen LogP contribution in [-0.4, -0.2) is 41.0 Å². The Bertz CT molecular complexity index is 229. The van der Waals surface area contributed by atoms with Crippen molar-refractivity contribution in [2.45, 2.75) is 33.2 Å². The third kappa shape index (κ3) is 5.37. The smallest absolute Gasteiger partial charge is 0.323 e. The number of carbonyl (C=O) groups is 2. The molecule has 0 rings (SSSR count). The number of amides is 1. The molecule has 0 saturated carbocycles. The summed E-state index contributed by atoms with van der Waals surface area (Å²) in [5.74, 6) is -0.970. The van der Waals surface area contributed by atoms with E-state index in [2.05, 4.69) is 0 Å². The topological polar surface area (TPSA) is 83.6 Å². The summed E-state index contributed by atoms with van der Waals surface area (Å²) in [5.41, 5.74) is 5.75. The number of nitrogens with two attached hydrogens (primary N) is 1. The second-order valence-corrected chi connectivity index (χ2v) is 3.91. The molecular weight excluding hydrogens is 196 g/mol. The molecule has 0 fully saturated rings. The van der Waals surface area contributed by atoms with E-state index >= 15 is 0 Å². The Kier molecular flexibility index (Phi) is 5.93. The highest BCUT2D eigenvalue weighted by atomic mass is 16.4. The van der Waals surface area contributed by atoms with Gasteiger partial charge in [-0.2, -0.15) is 0 Å². The average Bonchev–Trinajstić information content (AvgIpc) is 2.13. The summed E-state index contributed by atoms with van der Waals surface area (Å²) in [7, 11) is 0. The van der Waals surface area contributed by atoms with Crippen LogP contribution in [0.25, 0.3) is 0 Å². The van der Waals surface area contributed by atoms with Crippen molar-refractivity contribution in [3.8, 4) is 0 Å². The van der Waals surface area contributed by atoms with Gasteiger partial charge < -0.3 is 15.7 Å². The maximum Gasteiger partial charge on any atom is 0.323 e. The number of carboxylic acid groups (broad SMARTS) is 1. The van der Waals surface area contributed by atoms with Crippen molar-refractivity contribution in [1.82, 2.24) is 4.90 Å². The Morgan fingerprint density at radius 3 is 2.27 bits per heavy atom. The van der Waals surface area contributed by atoms with Crippen LogP contribution in [0.15, 0.2) is 0 Å². The first-order chi connectivity index (χ1) is 6.88. The van der Waals surface area contributed by atoms with Gasteiger partial charge in [0.05, 0.1) is 0 Å². The van der Waals surface area contributed by atoms with Crippen LogP contribution in [-0.2, 0) is 9.59 Å². The molecule has 0 saturated heterocycles.